The minimum Gasteiger partial charge on any atom is -0.435 e. The minimum absolute atomic E-state index is 0.179. The van der Waals surface area contributed by atoms with Crippen LogP contribution in [0.15, 0.2) is 18.2 Å². The molecule has 0 amide bonds. The molecule has 0 aliphatic carbocycles. The predicted molar refractivity (Wildman–Crippen MR) is 57.8 cm³/mol. The van der Waals surface area contributed by atoms with Crippen LogP contribution in [0.1, 0.15) is 30.9 Å². The van der Waals surface area contributed by atoms with E-state index in [1.807, 2.05) is 19.9 Å². The van der Waals surface area contributed by atoms with Gasteiger partial charge in [-0.1, -0.05) is 19.1 Å². The van der Waals surface area contributed by atoms with Gasteiger partial charge in [-0.25, -0.2) is 0 Å². The Morgan fingerprint density at radius 3 is 2.81 bits per heavy atom. The third-order valence-electron chi connectivity index (χ3n) is 3.19. The van der Waals surface area contributed by atoms with Gasteiger partial charge in [-0.05, 0) is 18.6 Å². The number of rotatable bonds is 2. The first-order valence-corrected chi connectivity index (χ1v) is 5.39. The Hall–Kier alpha value is -1.16. The van der Waals surface area contributed by atoms with Crippen molar-refractivity contribution in [2.45, 2.75) is 39.0 Å². The number of hydrogen-bond acceptors (Lipinski definition) is 2. The van der Waals surface area contributed by atoms with Crippen LogP contribution in [0, 0.1) is 0 Å². The second-order valence-corrected chi connectivity index (χ2v) is 4.17. The Morgan fingerprint density at radius 2 is 2.12 bits per heavy atom. The summed E-state index contributed by atoms with van der Waals surface area (Å²) in [5, 5.41) is 3.33. The van der Waals surface area contributed by atoms with Crippen LogP contribution in [0.5, 0.6) is 5.75 Å². The fourth-order valence-electron chi connectivity index (χ4n) is 2.16. The first-order chi connectivity index (χ1) is 7.59. The number of alkyl halides is 2. The van der Waals surface area contributed by atoms with E-state index in [2.05, 4.69) is 10.1 Å². The van der Waals surface area contributed by atoms with E-state index in [0.29, 0.717) is 12.3 Å². The SMILES string of the molecule is CC1NCc2cccc(OC(F)F)c2C1C. The lowest BCUT2D eigenvalue weighted by Gasteiger charge is -2.31. The number of halogens is 2. The van der Waals surface area contributed by atoms with Gasteiger partial charge in [0.25, 0.3) is 0 Å². The van der Waals surface area contributed by atoms with Crippen molar-refractivity contribution < 1.29 is 13.5 Å². The van der Waals surface area contributed by atoms with Crippen molar-refractivity contribution in [2.24, 2.45) is 0 Å². The van der Waals surface area contributed by atoms with Gasteiger partial charge in [0, 0.05) is 24.1 Å². The molecule has 1 aliphatic heterocycles. The van der Waals surface area contributed by atoms with Gasteiger partial charge in [0.05, 0.1) is 0 Å². The molecule has 2 nitrogen and oxygen atoms in total. The van der Waals surface area contributed by atoms with E-state index in [1.54, 1.807) is 12.1 Å². The van der Waals surface area contributed by atoms with Gasteiger partial charge < -0.3 is 10.1 Å². The van der Waals surface area contributed by atoms with E-state index in [4.69, 9.17) is 0 Å². The minimum atomic E-state index is -2.76. The maximum Gasteiger partial charge on any atom is 0.387 e. The number of hydrogen-bond donors (Lipinski definition) is 1. The van der Waals surface area contributed by atoms with Crippen LogP contribution in [0.25, 0.3) is 0 Å². The maximum atomic E-state index is 12.3. The molecule has 0 saturated carbocycles. The zero-order chi connectivity index (χ0) is 11.7. The monoisotopic (exact) mass is 227 g/mol. The fourth-order valence-corrected chi connectivity index (χ4v) is 2.16. The molecule has 0 radical (unpaired) electrons. The van der Waals surface area contributed by atoms with Crippen molar-refractivity contribution in [1.82, 2.24) is 5.32 Å². The topological polar surface area (TPSA) is 21.3 Å². The maximum absolute atomic E-state index is 12.3. The van der Waals surface area contributed by atoms with Crippen molar-refractivity contribution >= 4 is 0 Å². The molecule has 0 aromatic heterocycles. The molecule has 1 N–H and O–H groups in total. The average molecular weight is 227 g/mol. The summed E-state index contributed by atoms with van der Waals surface area (Å²) in [6.45, 7) is 2.02. The van der Waals surface area contributed by atoms with Crippen LogP contribution in [0.4, 0.5) is 8.78 Å². The molecule has 1 aromatic rings. The molecule has 2 atom stereocenters. The van der Waals surface area contributed by atoms with Gasteiger partial charge in [-0.3, -0.25) is 0 Å². The molecular weight excluding hydrogens is 212 g/mol. The summed E-state index contributed by atoms with van der Waals surface area (Å²) in [4.78, 5) is 0. The van der Waals surface area contributed by atoms with Crippen LogP contribution in [0.2, 0.25) is 0 Å². The van der Waals surface area contributed by atoms with Gasteiger partial charge in [-0.15, -0.1) is 0 Å². The van der Waals surface area contributed by atoms with Crippen molar-refractivity contribution in [3.8, 4) is 5.75 Å². The van der Waals surface area contributed by atoms with Crippen molar-refractivity contribution in [1.29, 1.82) is 0 Å². The number of ether oxygens (including phenoxy) is 1. The van der Waals surface area contributed by atoms with Crippen LogP contribution in [-0.4, -0.2) is 12.7 Å². The van der Waals surface area contributed by atoms with E-state index >= 15 is 0 Å². The Kier molecular flexibility index (Phi) is 3.10. The highest BCUT2D eigenvalue weighted by Crippen LogP contribution is 2.35. The Balaban J connectivity index is 2.40. The number of fused-ring (bicyclic) bond motifs is 1. The molecule has 0 fully saturated rings. The normalized spacial score (nSPS) is 24.3. The highest BCUT2D eigenvalue weighted by atomic mass is 19.3. The summed E-state index contributed by atoms with van der Waals surface area (Å²) >= 11 is 0. The van der Waals surface area contributed by atoms with Crippen LogP contribution >= 0.6 is 0 Å². The third kappa shape index (κ3) is 2.02. The van der Waals surface area contributed by atoms with Crippen LogP contribution in [-0.2, 0) is 6.54 Å². The molecule has 1 heterocycles. The molecule has 88 valence electrons. The molecule has 16 heavy (non-hydrogen) atoms. The standard InChI is InChI=1S/C12H15F2NO/c1-7-8(2)15-6-9-4-3-5-10(11(7)9)16-12(13)14/h3-5,7-8,12,15H,6H2,1-2H3. The zero-order valence-electron chi connectivity index (χ0n) is 9.34. The van der Waals surface area contributed by atoms with E-state index in [1.165, 1.54) is 0 Å². The molecule has 4 heteroatoms. The Bertz CT molecular complexity index is 381. The van der Waals surface area contributed by atoms with E-state index in [0.717, 1.165) is 11.1 Å². The van der Waals surface area contributed by atoms with Gasteiger partial charge in [-0.2, -0.15) is 8.78 Å². The van der Waals surface area contributed by atoms with Gasteiger partial charge in [0.1, 0.15) is 5.75 Å². The molecule has 0 saturated heterocycles. The van der Waals surface area contributed by atoms with E-state index in [9.17, 15) is 8.78 Å². The smallest absolute Gasteiger partial charge is 0.387 e. The van der Waals surface area contributed by atoms with Crippen molar-refractivity contribution in [3.05, 3.63) is 29.3 Å². The Labute approximate surface area is 93.6 Å². The third-order valence-corrected chi connectivity index (χ3v) is 3.19. The molecule has 2 unspecified atom stereocenters. The zero-order valence-corrected chi connectivity index (χ0v) is 9.34. The lowest BCUT2D eigenvalue weighted by atomic mass is 9.86. The van der Waals surface area contributed by atoms with Gasteiger partial charge in [0.15, 0.2) is 0 Å². The van der Waals surface area contributed by atoms with Gasteiger partial charge >= 0.3 is 6.61 Å². The van der Waals surface area contributed by atoms with Crippen LogP contribution < -0.4 is 10.1 Å². The summed E-state index contributed by atoms with van der Waals surface area (Å²) in [6.07, 6.45) is 0. The number of benzene rings is 1. The quantitative estimate of drug-likeness (QED) is 0.838. The summed E-state index contributed by atoms with van der Waals surface area (Å²) in [7, 11) is 0. The fraction of sp³-hybridized carbons (Fsp3) is 0.500. The van der Waals surface area contributed by atoms with E-state index < -0.39 is 6.61 Å². The Morgan fingerprint density at radius 1 is 1.38 bits per heavy atom. The largest absolute Gasteiger partial charge is 0.435 e. The molecule has 1 aliphatic rings. The molecule has 0 bridgehead atoms. The summed E-state index contributed by atoms with van der Waals surface area (Å²) in [5.41, 5.74) is 1.96. The molecule has 0 spiro atoms. The summed E-state index contributed by atoms with van der Waals surface area (Å²) in [5.74, 6) is 0.493. The van der Waals surface area contributed by atoms with Crippen molar-refractivity contribution in [2.75, 3.05) is 0 Å². The lowest BCUT2D eigenvalue weighted by Crippen LogP contribution is -2.36. The lowest BCUT2D eigenvalue weighted by molar-refractivity contribution is -0.0508. The first-order valence-electron chi connectivity index (χ1n) is 5.39. The molecule has 2 rings (SSSR count). The predicted octanol–water partition coefficient (Wildman–Crippen LogP) is 2.88. The molecular formula is C12H15F2NO. The summed E-state index contributed by atoms with van der Waals surface area (Å²) in [6, 6.07) is 5.58. The molecule has 1 aromatic carbocycles. The second-order valence-electron chi connectivity index (χ2n) is 4.17. The van der Waals surface area contributed by atoms with Crippen LogP contribution in [0.3, 0.4) is 0 Å². The van der Waals surface area contributed by atoms with Crippen molar-refractivity contribution in [3.63, 3.8) is 0 Å². The second kappa shape index (κ2) is 4.37. The summed E-state index contributed by atoms with van der Waals surface area (Å²) < 4.78 is 29.1. The highest BCUT2D eigenvalue weighted by Gasteiger charge is 2.26. The van der Waals surface area contributed by atoms with E-state index in [-0.39, 0.29) is 12.0 Å². The number of nitrogens with one attached hydrogen (secondary N) is 1. The first kappa shape index (κ1) is 11.3. The highest BCUT2D eigenvalue weighted by molar-refractivity contribution is 5.44. The average Bonchev–Trinajstić information content (AvgIpc) is 2.23. The van der Waals surface area contributed by atoms with Gasteiger partial charge in [0.2, 0.25) is 0 Å².